The van der Waals surface area contributed by atoms with Crippen LogP contribution in [0.2, 0.25) is 0 Å². The van der Waals surface area contributed by atoms with Crippen molar-refractivity contribution in [3.05, 3.63) is 42.4 Å². The Morgan fingerprint density at radius 1 is 1.20 bits per heavy atom. The summed E-state index contributed by atoms with van der Waals surface area (Å²) in [6.07, 6.45) is 4.15. The minimum Gasteiger partial charge on any atom is -0.508 e. The van der Waals surface area contributed by atoms with E-state index >= 15 is 0 Å². The molecule has 0 atom stereocenters. The molecule has 0 bridgehead atoms. The van der Waals surface area contributed by atoms with Crippen LogP contribution in [0, 0.1) is 0 Å². The molecule has 6 heteroatoms. The number of hydrogen-bond donors (Lipinski definition) is 2. The van der Waals surface area contributed by atoms with Crippen molar-refractivity contribution in [1.29, 1.82) is 0 Å². The quantitative estimate of drug-likeness (QED) is 0.754. The van der Waals surface area contributed by atoms with Gasteiger partial charge in [-0.2, -0.15) is 5.10 Å². The third kappa shape index (κ3) is 2.40. The summed E-state index contributed by atoms with van der Waals surface area (Å²) in [7, 11) is 1.86. The summed E-state index contributed by atoms with van der Waals surface area (Å²) in [5.74, 6) is 1.08. The molecule has 3 rings (SSSR count). The van der Waals surface area contributed by atoms with Crippen LogP contribution < -0.4 is 5.32 Å². The molecule has 1 aromatic carbocycles. The van der Waals surface area contributed by atoms with Gasteiger partial charge in [-0.05, 0) is 24.1 Å². The smallest absolute Gasteiger partial charge is 0.163 e. The Balaban J connectivity index is 1.69. The van der Waals surface area contributed by atoms with Crippen molar-refractivity contribution in [3.63, 3.8) is 0 Å². The summed E-state index contributed by atoms with van der Waals surface area (Å²) in [5, 5.41) is 17.6. The number of phenolic OH excluding ortho intramolecular Hbond substituents is 1. The lowest BCUT2D eigenvalue weighted by Gasteiger charge is -2.06. The van der Waals surface area contributed by atoms with E-state index in [2.05, 4.69) is 20.4 Å². The fourth-order valence-corrected chi connectivity index (χ4v) is 2.09. The maximum Gasteiger partial charge on any atom is 0.163 e. The largest absolute Gasteiger partial charge is 0.508 e. The molecule has 0 saturated carbocycles. The van der Waals surface area contributed by atoms with Crippen LogP contribution in [-0.2, 0) is 13.5 Å². The third-order valence-corrected chi connectivity index (χ3v) is 3.17. The van der Waals surface area contributed by atoms with Crippen LogP contribution in [-0.4, -0.2) is 31.4 Å². The predicted octanol–water partition coefficient (Wildman–Crippen LogP) is 1.72. The molecule has 0 radical (unpaired) electrons. The molecule has 20 heavy (non-hydrogen) atoms. The summed E-state index contributed by atoms with van der Waals surface area (Å²) in [6.45, 7) is 0.756. The molecule has 3 aromatic rings. The zero-order chi connectivity index (χ0) is 13.9. The maximum atomic E-state index is 9.24. The molecular formula is C14H15N5O. The minimum absolute atomic E-state index is 0.287. The van der Waals surface area contributed by atoms with Gasteiger partial charge in [0, 0.05) is 13.6 Å². The first-order valence-corrected chi connectivity index (χ1v) is 6.38. The number of hydrogen-bond acceptors (Lipinski definition) is 5. The van der Waals surface area contributed by atoms with Crippen molar-refractivity contribution in [1.82, 2.24) is 19.7 Å². The number of rotatable bonds is 4. The first-order chi connectivity index (χ1) is 9.74. The van der Waals surface area contributed by atoms with Crippen LogP contribution in [0.5, 0.6) is 5.75 Å². The Kier molecular flexibility index (Phi) is 3.20. The SMILES string of the molecule is Cn1ncc2c(NCCc3ccc(O)cc3)ncnc21. The molecular weight excluding hydrogens is 254 g/mol. The molecule has 0 aliphatic rings. The molecule has 0 aliphatic carbocycles. The lowest BCUT2D eigenvalue weighted by atomic mass is 10.1. The van der Waals surface area contributed by atoms with E-state index in [1.54, 1.807) is 23.0 Å². The molecule has 2 heterocycles. The van der Waals surface area contributed by atoms with Crippen molar-refractivity contribution in [2.45, 2.75) is 6.42 Å². The van der Waals surface area contributed by atoms with Crippen molar-refractivity contribution in [2.24, 2.45) is 7.05 Å². The van der Waals surface area contributed by atoms with Gasteiger partial charge in [0.1, 0.15) is 17.9 Å². The number of nitrogens with one attached hydrogen (secondary N) is 1. The van der Waals surface area contributed by atoms with Crippen LogP contribution in [0.3, 0.4) is 0 Å². The third-order valence-electron chi connectivity index (χ3n) is 3.17. The van der Waals surface area contributed by atoms with Gasteiger partial charge in [-0.1, -0.05) is 12.1 Å². The molecule has 0 saturated heterocycles. The van der Waals surface area contributed by atoms with Crippen LogP contribution in [0.4, 0.5) is 5.82 Å². The summed E-state index contributed by atoms with van der Waals surface area (Å²) in [5.41, 5.74) is 1.97. The van der Waals surface area contributed by atoms with Gasteiger partial charge in [-0.3, -0.25) is 4.68 Å². The Labute approximate surface area is 116 Å². The summed E-state index contributed by atoms with van der Waals surface area (Å²) in [4.78, 5) is 8.45. The van der Waals surface area contributed by atoms with Crippen molar-refractivity contribution in [2.75, 3.05) is 11.9 Å². The van der Waals surface area contributed by atoms with E-state index < -0.39 is 0 Å². The average molecular weight is 269 g/mol. The van der Waals surface area contributed by atoms with Gasteiger partial charge in [0.25, 0.3) is 0 Å². The number of aromatic nitrogens is 4. The van der Waals surface area contributed by atoms with E-state index in [0.29, 0.717) is 0 Å². The summed E-state index contributed by atoms with van der Waals surface area (Å²) >= 11 is 0. The highest BCUT2D eigenvalue weighted by Crippen LogP contribution is 2.17. The monoisotopic (exact) mass is 269 g/mol. The van der Waals surface area contributed by atoms with E-state index in [9.17, 15) is 5.11 Å². The van der Waals surface area contributed by atoms with E-state index in [1.807, 2.05) is 19.2 Å². The first kappa shape index (κ1) is 12.4. The molecule has 0 aliphatic heterocycles. The van der Waals surface area contributed by atoms with Gasteiger partial charge in [-0.15, -0.1) is 0 Å². The van der Waals surface area contributed by atoms with E-state index in [-0.39, 0.29) is 5.75 Å². The Morgan fingerprint density at radius 2 is 2.00 bits per heavy atom. The Bertz CT molecular complexity index is 720. The minimum atomic E-state index is 0.287. The van der Waals surface area contributed by atoms with E-state index in [1.165, 1.54) is 6.33 Å². The second-order valence-corrected chi connectivity index (χ2v) is 4.57. The fraction of sp³-hybridized carbons (Fsp3) is 0.214. The molecule has 6 nitrogen and oxygen atoms in total. The predicted molar refractivity (Wildman–Crippen MR) is 76.6 cm³/mol. The van der Waals surface area contributed by atoms with Gasteiger partial charge in [0.2, 0.25) is 0 Å². The second-order valence-electron chi connectivity index (χ2n) is 4.57. The maximum absolute atomic E-state index is 9.24. The van der Waals surface area contributed by atoms with Crippen LogP contribution in [0.15, 0.2) is 36.8 Å². The number of aromatic hydroxyl groups is 1. The van der Waals surface area contributed by atoms with Crippen molar-refractivity contribution in [3.8, 4) is 5.75 Å². The number of aryl methyl sites for hydroxylation is 1. The highest BCUT2D eigenvalue weighted by Gasteiger charge is 2.06. The Morgan fingerprint density at radius 3 is 2.80 bits per heavy atom. The lowest BCUT2D eigenvalue weighted by Crippen LogP contribution is -2.07. The van der Waals surface area contributed by atoms with Crippen molar-refractivity contribution < 1.29 is 5.11 Å². The molecule has 0 unspecified atom stereocenters. The second kappa shape index (κ2) is 5.16. The standard InChI is InChI=1S/C14H15N5O/c1-19-14-12(8-18-19)13(16-9-17-14)15-7-6-10-2-4-11(20)5-3-10/h2-5,8-9,20H,6-7H2,1H3,(H,15,16,17). The van der Waals surface area contributed by atoms with Crippen LogP contribution in [0.25, 0.3) is 11.0 Å². The van der Waals surface area contributed by atoms with E-state index in [0.717, 1.165) is 35.4 Å². The normalized spacial score (nSPS) is 10.8. The number of fused-ring (bicyclic) bond motifs is 1. The Hall–Kier alpha value is -2.63. The van der Waals surface area contributed by atoms with Gasteiger partial charge in [0.15, 0.2) is 5.65 Å². The van der Waals surface area contributed by atoms with Crippen LogP contribution in [0.1, 0.15) is 5.56 Å². The summed E-state index contributed by atoms with van der Waals surface area (Å²) in [6, 6.07) is 7.21. The molecule has 102 valence electrons. The summed E-state index contributed by atoms with van der Waals surface area (Å²) < 4.78 is 1.72. The molecule has 2 N–H and O–H groups in total. The zero-order valence-electron chi connectivity index (χ0n) is 11.1. The zero-order valence-corrected chi connectivity index (χ0v) is 11.1. The van der Waals surface area contributed by atoms with Gasteiger partial charge < -0.3 is 10.4 Å². The number of phenols is 1. The molecule has 0 spiro atoms. The van der Waals surface area contributed by atoms with Gasteiger partial charge >= 0.3 is 0 Å². The van der Waals surface area contributed by atoms with Crippen molar-refractivity contribution >= 4 is 16.9 Å². The fourth-order valence-electron chi connectivity index (χ4n) is 2.09. The van der Waals surface area contributed by atoms with Crippen LogP contribution >= 0.6 is 0 Å². The average Bonchev–Trinajstić information content (AvgIpc) is 2.84. The topological polar surface area (TPSA) is 75.9 Å². The number of benzene rings is 1. The first-order valence-electron chi connectivity index (χ1n) is 6.38. The van der Waals surface area contributed by atoms with Gasteiger partial charge in [-0.25, -0.2) is 9.97 Å². The highest BCUT2D eigenvalue weighted by atomic mass is 16.3. The molecule has 0 fully saturated rings. The number of nitrogens with zero attached hydrogens (tertiary/aromatic N) is 4. The molecule has 2 aromatic heterocycles. The number of anilines is 1. The van der Waals surface area contributed by atoms with E-state index in [4.69, 9.17) is 0 Å². The lowest BCUT2D eigenvalue weighted by molar-refractivity contribution is 0.475. The molecule has 0 amide bonds. The van der Waals surface area contributed by atoms with Gasteiger partial charge in [0.05, 0.1) is 11.6 Å². The highest BCUT2D eigenvalue weighted by molar-refractivity contribution is 5.85.